The van der Waals surface area contributed by atoms with Gasteiger partial charge in [-0.1, -0.05) is 28.1 Å². The van der Waals surface area contributed by atoms with Gasteiger partial charge in [0.25, 0.3) is 11.8 Å². The molecule has 0 saturated carbocycles. The molecule has 0 spiro atoms. The lowest BCUT2D eigenvalue weighted by atomic mass is 10.0. The third-order valence-corrected chi connectivity index (χ3v) is 8.53. The van der Waals surface area contributed by atoms with Gasteiger partial charge in [-0.15, -0.1) is 11.8 Å². The van der Waals surface area contributed by atoms with Crippen LogP contribution in [0.15, 0.2) is 47.1 Å². The molecule has 0 aromatic carbocycles. The molecule has 2 aliphatic rings. The van der Waals surface area contributed by atoms with Crippen molar-refractivity contribution in [3.05, 3.63) is 57.7 Å². The molecule has 5 rings (SSSR count). The number of nitrogens with one attached hydrogen (secondary N) is 1. The summed E-state index contributed by atoms with van der Waals surface area (Å²) in [5.41, 5.74) is 7.96. The zero-order valence-electron chi connectivity index (χ0n) is 19.5. The van der Waals surface area contributed by atoms with Crippen LogP contribution < -0.4 is 15.6 Å². The van der Waals surface area contributed by atoms with Crippen LogP contribution in [0.25, 0.3) is 5.52 Å². The Balaban J connectivity index is 1.38. The molecular formula is C22H21ClN7O5S2+. The highest BCUT2D eigenvalue weighted by molar-refractivity contribution is 8.00. The van der Waals surface area contributed by atoms with Gasteiger partial charge in [0.05, 0.1) is 6.20 Å². The van der Waals surface area contributed by atoms with E-state index in [0.717, 1.165) is 22.5 Å². The van der Waals surface area contributed by atoms with Crippen molar-refractivity contribution >= 4 is 68.8 Å². The third-order valence-electron chi connectivity index (χ3n) is 6.11. The molecule has 37 heavy (non-hydrogen) atoms. The van der Waals surface area contributed by atoms with E-state index in [2.05, 4.69) is 15.5 Å². The zero-order valence-corrected chi connectivity index (χ0v) is 21.9. The molecule has 0 aliphatic carbocycles. The fraction of sp³-hybridized carbons (Fsp3) is 0.273. The highest BCUT2D eigenvalue weighted by Gasteiger charge is 2.55. The minimum atomic E-state index is -1.20. The molecule has 2 atom stereocenters. The number of hydrogen-bond acceptors (Lipinski definition) is 9. The lowest BCUT2D eigenvalue weighted by Gasteiger charge is -2.49. The number of rotatable bonds is 7. The van der Waals surface area contributed by atoms with Gasteiger partial charge in [-0.2, -0.15) is 4.57 Å². The Morgan fingerprint density at radius 1 is 1.43 bits per heavy atom. The predicted octanol–water partition coefficient (Wildman–Crippen LogP) is 1.02. The predicted molar refractivity (Wildman–Crippen MR) is 137 cm³/mol. The maximum atomic E-state index is 13.1. The van der Waals surface area contributed by atoms with Gasteiger partial charge in [0.1, 0.15) is 39.8 Å². The smallest absolute Gasteiger partial charge is 0.352 e. The fourth-order valence-electron chi connectivity index (χ4n) is 4.38. The fourth-order valence-corrected chi connectivity index (χ4v) is 6.64. The van der Waals surface area contributed by atoms with Crippen molar-refractivity contribution < 1.29 is 28.9 Å². The first-order chi connectivity index (χ1) is 17.7. The number of carbonyl (C=O) groups excluding carboxylic acids is 2. The standard InChI is InChI=1S/C22H20ClN7O5S2/c1-10-12-4-3-5-28(12)6-7-29(10)8-11-9-36-20-15(19(32)30(20)16(11)21(33)34)25-18(31)14(27-35-2)13-17(23)37-22(24)26-13/h3-7,15,20H,8-9H2,1-2H3,(H3-,24,25,26,31,33,34)/p+1/t15-,20+/m1/s1. The quantitative estimate of drug-likeness (QED) is 0.167. The number of nitrogens with two attached hydrogens (primary N) is 1. The number of aromatic nitrogens is 3. The highest BCUT2D eigenvalue weighted by atomic mass is 35.5. The van der Waals surface area contributed by atoms with Crippen molar-refractivity contribution in [1.29, 1.82) is 0 Å². The van der Waals surface area contributed by atoms with Crippen LogP contribution in [0.5, 0.6) is 0 Å². The number of aryl methyl sites for hydroxylation is 1. The molecular weight excluding hydrogens is 542 g/mol. The molecule has 1 fully saturated rings. The number of oxime groups is 1. The zero-order chi connectivity index (χ0) is 26.4. The van der Waals surface area contributed by atoms with Crippen LogP contribution in [0, 0.1) is 6.92 Å². The van der Waals surface area contributed by atoms with E-state index in [1.165, 1.54) is 23.8 Å². The first-order valence-electron chi connectivity index (χ1n) is 10.9. The van der Waals surface area contributed by atoms with Crippen LogP contribution in [-0.2, 0) is 25.8 Å². The average molecular weight is 563 g/mol. The Labute approximate surface area is 223 Å². The largest absolute Gasteiger partial charge is 0.477 e. The first-order valence-corrected chi connectivity index (χ1v) is 13.2. The molecule has 2 aliphatic heterocycles. The van der Waals surface area contributed by atoms with Crippen molar-refractivity contribution in [2.75, 3.05) is 18.6 Å². The van der Waals surface area contributed by atoms with Crippen LogP contribution in [0.3, 0.4) is 0 Å². The van der Waals surface area contributed by atoms with Gasteiger partial charge in [0.2, 0.25) is 5.69 Å². The molecule has 0 bridgehead atoms. The Hall–Kier alpha value is -3.62. The van der Waals surface area contributed by atoms with Crippen LogP contribution in [0.1, 0.15) is 11.4 Å². The van der Waals surface area contributed by atoms with Crippen LogP contribution in [-0.4, -0.2) is 67.2 Å². The van der Waals surface area contributed by atoms with Crippen molar-refractivity contribution in [1.82, 2.24) is 19.6 Å². The summed E-state index contributed by atoms with van der Waals surface area (Å²) in [4.78, 5) is 48.4. The summed E-state index contributed by atoms with van der Waals surface area (Å²) in [5.74, 6) is -2.11. The Kier molecular flexibility index (Phi) is 6.56. The topological polar surface area (TPSA) is 156 Å². The summed E-state index contributed by atoms with van der Waals surface area (Å²) in [6.45, 7) is 2.26. The van der Waals surface area contributed by atoms with Crippen LogP contribution >= 0.6 is 34.7 Å². The number of fused-ring (bicyclic) bond motifs is 2. The van der Waals surface area contributed by atoms with Gasteiger partial charge in [-0.05, 0) is 12.1 Å². The number of carboxylic acid groups (broad SMARTS) is 1. The maximum Gasteiger partial charge on any atom is 0.352 e. The third kappa shape index (κ3) is 4.30. The SMILES string of the molecule is CON=C(C(=O)N[C@@H]1C(=O)N2C(C(=O)O)=C(C[n+]3ccn4cccc4c3C)CS[C@@H]12)c1nc(N)sc1Cl. The normalized spacial score (nSPS) is 19.6. The van der Waals surface area contributed by atoms with Crippen molar-refractivity contribution in [2.24, 2.45) is 5.16 Å². The number of β-lactam (4-membered cyclic amide) rings is 1. The van der Waals surface area contributed by atoms with Crippen molar-refractivity contribution in [3.8, 4) is 0 Å². The minimum absolute atomic E-state index is 0.0317. The van der Waals surface area contributed by atoms with Gasteiger partial charge in [0.15, 0.2) is 23.6 Å². The van der Waals surface area contributed by atoms with E-state index in [4.69, 9.17) is 22.2 Å². The molecule has 0 unspecified atom stereocenters. The molecule has 3 aromatic heterocycles. The number of carbonyl (C=O) groups is 3. The first kappa shape index (κ1) is 25.0. The molecule has 5 heterocycles. The van der Waals surface area contributed by atoms with E-state index >= 15 is 0 Å². The molecule has 15 heteroatoms. The number of halogens is 1. The van der Waals surface area contributed by atoms with Gasteiger partial charge in [0, 0.05) is 24.4 Å². The second-order valence-corrected chi connectivity index (χ2v) is 11.0. The van der Waals surface area contributed by atoms with Crippen molar-refractivity contribution in [2.45, 2.75) is 24.9 Å². The van der Waals surface area contributed by atoms with Gasteiger partial charge < -0.3 is 25.4 Å². The van der Waals surface area contributed by atoms with Gasteiger partial charge in [-0.3, -0.25) is 14.5 Å². The number of aliphatic carboxylic acids is 1. The number of thioether (sulfide) groups is 1. The maximum absolute atomic E-state index is 13.1. The number of nitrogen functional groups attached to an aromatic ring is 1. The number of amides is 2. The number of thiazole rings is 1. The Bertz CT molecular complexity index is 1510. The van der Waals surface area contributed by atoms with Gasteiger partial charge in [-0.25, -0.2) is 9.78 Å². The van der Waals surface area contributed by atoms with E-state index in [-0.39, 0.29) is 26.6 Å². The summed E-state index contributed by atoms with van der Waals surface area (Å²) in [5, 5.41) is 15.9. The van der Waals surface area contributed by atoms with E-state index in [1.807, 2.05) is 46.6 Å². The molecule has 12 nitrogen and oxygen atoms in total. The summed E-state index contributed by atoms with van der Waals surface area (Å²) < 4.78 is 4.07. The lowest BCUT2D eigenvalue weighted by molar-refractivity contribution is -0.694. The molecule has 2 amide bonds. The van der Waals surface area contributed by atoms with Crippen LogP contribution in [0.2, 0.25) is 4.34 Å². The monoisotopic (exact) mass is 562 g/mol. The summed E-state index contributed by atoms with van der Waals surface area (Å²) in [7, 11) is 1.25. The molecule has 1 saturated heterocycles. The lowest BCUT2D eigenvalue weighted by Crippen LogP contribution is -2.71. The Morgan fingerprint density at radius 2 is 2.22 bits per heavy atom. The average Bonchev–Trinajstić information content (AvgIpc) is 3.48. The van der Waals surface area contributed by atoms with E-state index in [0.29, 0.717) is 17.9 Å². The Morgan fingerprint density at radius 3 is 2.89 bits per heavy atom. The number of nitrogens with zero attached hydrogens (tertiary/aromatic N) is 5. The van der Waals surface area contributed by atoms with E-state index < -0.39 is 29.2 Å². The van der Waals surface area contributed by atoms with Crippen LogP contribution in [0.4, 0.5) is 5.13 Å². The highest BCUT2D eigenvalue weighted by Crippen LogP contribution is 2.40. The van der Waals surface area contributed by atoms with E-state index in [1.54, 1.807) is 0 Å². The molecule has 0 radical (unpaired) electrons. The van der Waals surface area contributed by atoms with Gasteiger partial charge >= 0.3 is 5.97 Å². The summed E-state index contributed by atoms with van der Waals surface area (Å²) >= 11 is 8.46. The number of carboxylic acids is 1. The van der Waals surface area contributed by atoms with E-state index in [9.17, 15) is 19.5 Å². The summed E-state index contributed by atoms with van der Waals surface area (Å²) in [6, 6.07) is 2.95. The second-order valence-electron chi connectivity index (χ2n) is 8.23. The number of anilines is 1. The molecule has 4 N–H and O–H groups in total. The molecule has 192 valence electrons. The minimum Gasteiger partial charge on any atom is -0.477 e. The number of hydrogen-bond donors (Lipinski definition) is 3. The molecule has 3 aromatic rings. The second kappa shape index (κ2) is 9.68. The summed E-state index contributed by atoms with van der Waals surface area (Å²) in [6.07, 6.45) is 5.70. The van der Waals surface area contributed by atoms with Crippen molar-refractivity contribution in [3.63, 3.8) is 0 Å².